The first-order valence-corrected chi connectivity index (χ1v) is 8.86. The number of nitrogens with zero attached hydrogens (tertiary/aromatic N) is 2. The third-order valence-electron chi connectivity index (χ3n) is 5.14. The van der Waals surface area contributed by atoms with Gasteiger partial charge in [-0.15, -0.1) is 0 Å². The number of nitriles is 1. The number of nitrogens with one attached hydrogen (secondary N) is 1. The Hall–Kier alpha value is -2.48. The lowest BCUT2D eigenvalue weighted by molar-refractivity contribution is -0.146. The number of carbonyl (C=O) groups excluding carboxylic acids is 1. The first-order valence-electron chi connectivity index (χ1n) is 8.86. The van der Waals surface area contributed by atoms with Crippen LogP contribution in [0.15, 0.2) is 30.0 Å². The van der Waals surface area contributed by atoms with Crippen molar-refractivity contribution >= 4 is 11.7 Å². The van der Waals surface area contributed by atoms with Crippen molar-refractivity contribution in [1.82, 2.24) is 4.90 Å². The molecule has 3 rings (SSSR count). The minimum atomic E-state index is -0.443. The fourth-order valence-electron chi connectivity index (χ4n) is 3.93. The van der Waals surface area contributed by atoms with E-state index in [2.05, 4.69) is 48.3 Å². The maximum absolute atomic E-state index is 12.5. The van der Waals surface area contributed by atoms with Crippen molar-refractivity contribution in [2.75, 3.05) is 19.0 Å². The number of esters is 1. The number of anilines is 1. The summed E-state index contributed by atoms with van der Waals surface area (Å²) in [5.74, 6) is 0.160. The van der Waals surface area contributed by atoms with E-state index in [0.29, 0.717) is 24.5 Å². The van der Waals surface area contributed by atoms with E-state index in [0.717, 1.165) is 5.69 Å². The molecule has 0 radical (unpaired) electrons. The van der Waals surface area contributed by atoms with Gasteiger partial charge in [-0.25, -0.2) is 4.79 Å². The quantitative estimate of drug-likeness (QED) is 0.853. The first-order chi connectivity index (χ1) is 12.0. The molecule has 3 atom stereocenters. The summed E-state index contributed by atoms with van der Waals surface area (Å²) in [6.07, 6.45) is 2.48. The van der Waals surface area contributed by atoms with Gasteiger partial charge in [0, 0.05) is 30.4 Å². The van der Waals surface area contributed by atoms with Crippen LogP contribution in [0.3, 0.4) is 0 Å². The van der Waals surface area contributed by atoms with Crippen molar-refractivity contribution in [3.8, 4) is 6.07 Å². The number of hydrogen-bond donors (Lipinski definition) is 1. The van der Waals surface area contributed by atoms with Gasteiger partial charge in [-0.3, -0.25) is 0 Å². The zero-order valence-electron chi connectivity index (χ0n) is 15.2. The molecule has 5 heteroatoms. The van der Waals surface area contributed by atoms with Crippen LogP contribution in [0.5, 0.6) is 0 Å². The van der Waals surface area contributed by atoms with Gasteiger partial charge in [0.2, 0.25) is 0 Å². The summed E-state index contributed by atoms with van der Waals surface area (Å²) in [7, 11) is 1.98. The molecular weight excluding hydrogens is 314 g/mol. The molecule has 0 amide bonds. The Morgan fingerprint density at radius 3 is 2.88 bits per heavy atom. The molecule has 2 aliphatic heterocycles. The van der Waals surface area contributed by atoms with Gasteiger partial charge in [-0.2, -0.15) is 5.26 Å². The Bertz CT molecular complexity index is 748. The van der Waals surface area contributed by atoms with Crippen LogP contribution < -0.4 is 5.32 Å². The molecule has 25 heavy (non-hydrogen) atoms. The van der Waals surface area contributed by atoms with Gasteiger partial charge in [0.25, 0.3) is 0 Å². The van der Waals surface area contributed by atoms with E-state index in [4.69, 9.17) is 4.74 Å². The third kappa shape index (κ3) is 3.09. The van der Waals surface area contributed by atoms with Crippen molar-refractivity contribution < 1.29 is 9.53 Å². The van der Waals surface area contributed by atoms with E-state index in [-0.39, 0.29) is 17.9 Å². The highest BCUT2D eigenvalue weighted by molar-refractivity contribution is 5.82. The van der Waals surface area contributed by atoms with Gasteiger partial charge in [0.15, 0.2) is 0 Å². The highest BCUT2D eigenvalue weighted by Crippen LogP contribution is 2.46. The summed E-state index contributed by atoms with van der Waals surface area (Å²) in [6.45, 7) is 6.52. The topological polar surface area (TPSA) is 65.4 Å². The second kappa shape index (κ2) is 6.79. The van der Waals surface area contributed by atoms with E-state index >= 15 is 0 Å². The van der Waals surface area contributed by atoms with Crippen LogP contribution in [-0.4, -0.2) is 30.6 Å². The van der Waals surface area contributed by atoms with Crippen LogP contribution in [-0.2, 0) is 9.53 Å². The van der Waals surface area contributed by atoms with Crippen molar-refractivity contribution in [2.24, 2.45) is 5.92 Å². The summed E-state index contributed by atoms with van der Waals surface area (Å²) in [5, 5.41) is 12.7. The van der Waals surface area contributed by atoms with Gasteiger partial charge < -0.3 is 15.0 Å². The number of hydrogen-bond acceptors (Lipinski definition) is 5. The van der Waals surface area contributed by atoms with Crippen molar-refractivity contribution in [1.29, 1.82) is 5.26 Å². The van der Waals surface area contributed by atoms with Crippen molar-refractivity contribution in [3.05, 3.63) is 41.1 Å². The molecule has 132 valence electrons. The average molecular weight is 339 g/mol. The molecule has 1 aromatic rings. The molecule has 0 fully saturated rings. The maximum Gasteiger partial charge on any atom is 0.328 e. The second-order valence-corrected chi connectivity index (χ2v) is 7.12. The summed E-state index contributed by atoms with van der Waals surface area (Å²) < 4.78 is 5.29. The molecule has 0 saturated carbocycles. The molecule has 0 unspecified atom stereocenters. The Balaban J connectivity index is 2.08. The van der Waals surface area contributed by atoms with Crippen LogP contribution in [0.25, 0.3) is 0 Å². The predicted molar refractivity (Wildman–Crippen MR) is 96.9 cm³/mol. The van der Waals surface area contributed by atoms with Crippen LogP contribution in [0.4, 0.5) is 5.69 Å². The summed E-state index contributed by atoms with van der Waals surface area (Å²) >= 11 is 0. The molecule has 0 spiro atoms. The lowest BCUT2D eigenvalue weighted by atomic mass is 9.75. The number of fused-ring (bicyclic) bond motifs is 3. The van der Waals surface area contributed by atoms with E-state index in [1.807, 2.05) is 20.2 Å². The SMILES string of the molecule is CCOC(=O)[C@H]1Nc2ccc(C(C)C)cc2[C@@H]2[C@H]1CC(C#N)=CN2C. The van der Waals surface area contributed by atoms with Gasteiger partial charge >= 0.3 is 5.97 Å². The van der Waals surface area contributed by atoms with Gasteiger partial charge in [0.1, 0.15) is 6.04 Å². The normalized spacial score (nSPS) is 24.6. The summed E-state index contributed by atoms with van der Waals surface area (Å²) in [6, 6.07) is 8.27. The van der Waals surface area contributed by atoms with Crippen molar-refractivity contribution in [2.45, 2.75) is 45.2 Å². The third-order valence-corrected chi connectivity index (χ3v) is 5.14. The number of rotatable bonds is 3. The first kappa shape index (κ1) is 17.3. The van der Waals surface area contributed by atoms with Crippen LogP contribution in [0, 0.1) is 17.2 Å². The maximum atomic E-state index is 12.5. The van der Waals surface area contributed by atoms with Crippen molar-refractivity contribution in [3.63, 3.8) is 0 Å². The van der Waals surface area contributed by atoms with E-state index < -0.39 is 6.04 Å². The molecule has 0 saturated heterocycles. The van der Waals surface area contributed by atoms with Crippen LogP contribution >= 0.6 is 0 Å². The monoisotopic (exact) mass is 339 g/mol. The second-order valence-electron chi connectivity index (χ2n) is 7.12. The summed E-state index contributed by atoms with van der Waals surface area (Å²) in [4.78, 5) is 14.6. The number of allylic oxidation sites excluding steroid dienone is 1. The van der Waals surface area contributed by atoms with Gasteiger partial charge in [-0.1, -0.05) is 26.0 Å². The molecule has 0 bridgehead atoms. The molecule has 0 aliphatic carbocycles. The molecular formula is C20H25N3O2. The molecule has 1 aromatic carbocycles. The predicted octanol–water partition coefficient (Wildman–Crippen LogP) is 3.57. The van der Waals surface area contributed by atoms with Crippen LogP contribution in [0.1, 0.15) is 50.3 Å². The molecule has 2 heterocycles. The Labute approximate surface area is 149 Å². The van der Waals surface area contributed by atoms with Gasteiger partial charge in [0.05, 0.1) is 18.7 Å². The minimum absolute atomic E-state index is 0.0291. The van der Waals surface area contributed by atoms with Gasteiger partial charge in [-0.05, 0) is 36.5 Å². The fraction of sp³-hybridized carbons (Fsp3) is 0.500. The standard InChI is InChI=1S/C20H25N3O2/c1-5-25-20(24)18-16-8-13(10-21)11-23(4)19(16)15-9-14(12(2)3)6-7-17(15)22-18/h6-7,9,11-12,16,18-19,22H,5,8H2,1-4H3/t16-,18-,19+/m0/s1. The Morgan fingerprint density at radius 1 is 1.48 bits per heavy atom. The average Bonchev–Trinajstić information content (AvgIpc) is 2.60. The highest BCUT2D eigenvalue weighted by atomic mass is 16.5. The fourth-order valence-corrected chi connectivity index (χ4v) is 3.93. The molecule has 2 aliphatic rings. The Kier molecular flexibility index (Phi) is 4.71. The molecule has 1 N–H and O–H groups in total. The van der Waals surface area contributed by atoms with E-state index in [9.17, 15) is 10.1 Å². The highest BCUT2D eigenvalue weighted by Gasteiger charge is 2.44. The summed E-state index contributed by atoms with van der Waals surface area (Å²) in [5.41, 5.74) is 4.14. The number of benzene rings is 1. The molecule has 0 aromatic heterocycles. The minimum Gasteiger partial charge on any atom is -0.464 e. The van der Waals surface area contributed by atoms with E-state index in [1.54, 1.807) is 0 Å². The molecule has 5 nitrogen and oxygen atoms in total. The van der Waals surface area contributed by atoms with Crippen LogP contribution in [0.2, 0.25) is 0 Å². The number of carbonyl (C=O) groups is 1. The lowest BCUT2D eigenvalue weighted by Crippen LogP contribution is -2.49. The Morgan fingerprint density at radius 2 is 2.24 bits per heavy atom. The smallest absolute Gasteiger partial charge is 0.328 e. The van der Waals surface area contributed by atoms with E-state index in [1.165, 1.54) is 11.1 Å². The zero-order chi connectivity index (χ0) is 18.1. The zero-order valence-corrected chi connectivity index (χ0v) is 15.2. The largest absolute Gasteiger partial charge is 0.464 e. The lowest BCUT2D eigenvalue weighted by Gasteiger charge is -2.45. The number of ether oxygens (including phenoxy) is 1.